The first-order valence-electron chi connectivity index (χ1n) is 5.95. The molecule has 0 radical (unpaired) electrons. The molecular formula is C15H14Cl2O2. The summed E-state index contributed by atoms with van der Waals surface area (Å²) in [5, 5.41) is 10.1. The smallest absolute Gasteiger partial charge is 0.119 e. The number of hydrogen-bond donors (Lipinski definition) is 1. The van der Waals surface area contributed by atoms with Gasteiger partial charge >= 0.3 is 0 Å². The molecular weight excluding hydrogens is 283 g/mol. The largest absolute Gasteiger partial charge is 0.489 e. The molecule has 0 fully saturated rings. The van der Waals surface area contributed by atoms with Crippen molar-refractivity contribution in [2.75, 3.05) is 6.61 Å². The second-order valence-corrected chi connectivity index (χ2v) is 4.99. The number of benzene rings is 2. The summed E-state index contributed by atoms with van der Waals surface area (Å²) in [6, 6.07) is 12.9. The average Bonchev–Trinajstić information content (AvgIpc) is 2.42. The zero-order chi connectivity index (χ0) is 13.7. The normalized spacial score (nSPS) is 10.5. The molecule has 0 saturated carbocycles. The Morgan fingerprint density at radius 1 is 1.00 bits per heavy atom. The zero-order valence-corrected chi connectivity index (χ0v) is 11.8. The average molecular weight is 297 g/mol. The molecule has 2 rings (SSSR count). The Morgan fingerprint density at radius 2 is 1.74 bits per heavy atom. The van der Waals surface area contributed by atoms with Crippen LogP contribution in [-0.2, 0) is 13.0 Å². The highest BCUT2D eigenvalue weighted by Gasteiger charge is 2.03. The van der Waals surface area contributed by atoms with E-state index in [4.69, 9.17) is 33.0 Å². The maximum Gasteiger partial charge on any atom is 0.119 e. The van der Waals surface area contributed by atoms with E-state index in [9.17, 15) is 0 Å². The Morgan fingerprint density at radius 3 is 2.42 bits per heavy atom. The van der Waals surface area contributed by atoms with Crippen LogP contribution in [0, 0.1) is 0 Å². The van der Waals surface area contributed by atoms with E-state index in [0.717, 1.165) is 16.9 Å². The lowest BCUT2D eigenvalue weighted by Crippen LogP contribution is -1.97. The number of rotatable bonds is 5. The number of halogens is 2. The van der Waals surface area contributed by atoms with Gasteiger partial charge in [0, 0.05) is 22.2 Å². The SMILES string of the molecule is OCCc1ccc(OCc2cc(Cl)ccc2Cl)cc1. The van der Waals surface area contributed by atoms with Crippen LogP contribution in [0.25, 0.3) is 0 Å². The lowest BCUT2D eigenvalue weighted by molar-refractivity contribution is 0.298. The van der Waals surface area contributed by atoms with Crippen LogP contribution in [0.3, 0.4) is 0 Å². The number of hydrogen-bond acceptors (Lipinski definition) is 2. The molecule has 2 aromatic carbocycles. The third-order valence-corrected chi connectivity index (χ3v) is 3.33. The van der Waals surface area contributed by atoms with E-state index in [-0.39, 0.29) is 6.61 Å². The maximum atomic E-state index is 8.84. The monoisotopic (exact) mass is 296 g/mol. The van der Waals surface area contributed by atoms with E-state index in [1.165, 1.54) is 0 Å². The molecule has 0 spiro atoms. The van der Waals surface area contributed by atoms with E-state index >= 15 is 0 Å². The predicted octanol–water partition coefficient (Wildman–Crippen LogP) is 4.11. The predicted molar refractivity (Wildman–Crippen MR) is 78.0 cm³/mol. The molecule has 2 nitrogen and oxygen atoms in total. The van der Waals surface area contributed by atoms with Crippen LogP contribution >= 0.6 is 23.2 Å². The molecule has 0 amide bonds. The highest BCUT2D eigenvalue weighted by molar-refractivity contribution is 6.33. The molecule has 4 heteroatoms. The first kappa shape index (κ1) is 14.2. The molecule has 1 N–H and O–H groups in total. The first-order valence-corrected chi connectivity index (χ1v) is 6.71. The summed E-state index contributed by atoms with van der Waals surface area (Å²) in [4.78, 5) is 0. The fourth-order valence-corrected chi connectivity index (χ4v) is 2.06. The topological polar surface area (TPSA) is 29.5 Å². The fraction of sp³-hybridized carbons (Fsp3) is 0.200. The number of aliphatic hydroxyl groups excluding tert-OH is 1. The molecule has 0 unspecified atom stereocenters. The molecule has 0 bridgehead atoms. The van der Waals surface area contributed by atoms with Crippen LogP contribution in [0.1, 0.15) is 11.1 Å². The number of aliphatic hydroxyl groups is 1. The van der Waals surface area contributed by atoms with Gasteiger partial charge in [0.15, 0.2) is 0 Å². The van der Waals surface area contributed by atoms with Crippen molar-refractivity contribution in [3.05, 3.63) is 63.6 Å². The van der Waals surface area contributed by atoms with Gasteiger partial charge in [-0.1, -0.05) is 35.3 Å². The van der Waals surface area contributed by atoms with Crippen molar-refractivity contribution in [3.63, 3.8) is 0 Å². The highest BCUT2D eigenvalue weighted by Crippen LogP contribution is 2.22. The van der Waals surface area contributed by atoms with Gasteiger partial charge in [-0.25, -0.2) is 0 Å². The molecule has 0 heterocycles. The van der Waals surface area contributed by atoms with Gasteiger partial charge in [-0.05, 0) is 42.3 Å². The van der Waals surface area contributed by atoms with Crippen molar-refractivity contribution in [2.45, 2.75) is 13.0 Å². The Hall–Kier alpha value is -1.22. The minimum absolute atomic E-state index is 0.151. The standard InChI is InChI=1S/C15H14Cl2O2/c16-13-3-6-15(17)12(9-13)10-19-14-4-1-11(2-5-14)7-8-18/h1-6,9,18H,7-8,10H2. The first-order chi connectivity index (χ1) is 9.19. The lowest BCUT2D eigenvalue weighted by atomic mass is 10.1. The molecule has 19 heavy (non-hydrogen) atoms. The van der Waals surface area contributed by atoms with E-state index in [1.54, 1.807) is 18.2 Å². The van der Waals surface area contributed by atoms with Crippen LogP contribution < -0.4 is 4.74 Å². The van der Waals surface area contributed by atoms with Crippen LogP contribution in [0.2, 0.25) is 10.0 Å². The summed E-state index contributed by atoms with van der Waals surface area (Å²) >= 11 is 12.0. The van der Waals surface area contributed by atoms with Crippen LogP contribution in [0.4, 0.5) is 0 Å². The van der Waals surface area contributed by atoms with Gasteiger partial charge in [-0.15, -0.1) is 0 Å². The van der Waals surface area contributed by atoms with Crippen LogP contribution in [0.15, 0.2) is 42.5 Å². The van der Waals surface area contributed by atoms with Crippen molar-refractivity contribution in [3.8, 4) is 5.75 Å². The Bertz CT molecular complexity index is 538. The quantitative estimate of drug-likeness (QED) is 0.900. The van der Waals surface area contributed by atoms with Gasteiger partial charge in [-0.3, -0.25) is 0 Å². The Balaban J connectivity index is 2.00. The Kier molecular flexibility index (Phi) is 5.08. The van der Waals surface area contributed by atoms with Crippen LogP contribution in [-0.4, -0.2) is 11.7 Å². The van der Waals surface area contributed by atoms with Gasteiger partial charge in [0.05, 0.1) is 0 Å². The van der Waals surface area contributed by atoms with Gasteiger partial charge in [0.1, 0.15) is 12.4 Å². The summed E-state index contributed by atoms with van der Waals surface area (Å²) in [6.07, 6.45) is 0.653. The van der Waals surface area contributed by atoms with Gasteiger partial charge in [0.25, 0.3) is 0 Å². The third-order valence-electron chi connectivity index (χ3n) is 2.73. The summed E-state index contributed by atoms with van der Waals surface area (Å²) in [6.45, 7) is 0.525. The molecule has 0 saturated heterocycles. The molecule has 2 aromatic rings. The minimum Gasteiger partial charge on any atom is -0.489 e. The molecule has 0 aliphatic carbocycles. The molecule has 0 atom stereocenters. The molecule has 100 valence electrons. The number of ether oxygens (including phenoxy) is 1. The van der Waals surface area contributed by atoms with Crippen molar-refractivity contribution in [2.24, 2.45) is 0 Å². The fourth-order valence-electron chi connectivity index (χ4n) is 1.70. The maximum absolute atomic E-state index is 8.84. The van der Waals surface area contributed by atoms with Crippen molar-refractivity contribution < 1.29 is 9.84 Å². The van der Waals surface area contributed by atoms with Crippen molar-refractivity contribution in [1.82, 2.24) is 0 Å². The highest BCUT2D eigenvalue weighted by atomic mass is 35.5. The Labute approximate surface area is 122 Å². The third kappa shape index (κ3) is 4.13. The zero-order valence-electron chi connectivity index (χ0n) is 10.3. The summed E-state index contributed by atoms with van der Waals surface area (Å²) in [7, 11) is 0. The molecule has 0 aliphatic rings. The van der Waals surface area contributed by atoms with E-state index in [1.807, 2.05) is 24.3 Å². The van der Waals surface area contributed by atoms with Crippen molar-refractivity contribution in [1.29, 1.82) is 0 Å². The molecule has 0 aliphatic heterocycles. The minimum atomic E-state index is 0.151. The van der Waals surface area contributed by atoms with E-state index < -0.39 is 0 Å². The summed E-state index contributed by atoms with van der Waals surface area (Å²) < 4.78 is 5.66. The van der Waals surface area contributed by atoms with Gasteiger partial charge < -0.3 is 9.84 Å². The second-order valence-electron chi connectivity index (χ2n) is 4.14. The van der Waals surface area contributed by atoms with Gasteiger partial charge in [0.2, 0.25) is 0 Å². The van der Waals surface area contributed by atoms with Crippen molar-refractivity contribution >= 4 is 23.2 Å². The molecule has 0 aromatic heterocycles. The van der Waals surface area contributed by atoms with E-state index in [0.29, 0.717) is 23.1 Å². The lowest BCUT2D eigenvalue weighted by Gasteiger charge is -2.09. The summed E-state index contributed by atoms with van der Waals surface area (Å²) in [5.41, 5.74) is 1.93. The van der Waals surface area contributed by atoms with E-state index in [2.05, 4.69) is 0 Å². The summed E-state index contributed by atoms with van der Waals surface area (Å²) in [5.74, 6) is 0.762. The van der Waals surface area contributed by atoms with Gasteiger partial charge in [-0.2, -0.15) is 0 Å². The second kappa shape index (κ2) is 6.80. The van der Waals surface area contributed by atoms with Crippen LogP contribution in [0.5, 0.6) is 5.75 Å².